The molecule has 3 nitrogen and oxygen atoms in total. The van der Waals surface area contributed by atoms with Gasteiger partial charge in [-0.05, 0) is 56.5 Å². The zero-order chi connectivity index (χ0) is 15.9. The first-order chi connectivity index (χ1) is 11.3. The molecule has 1 aliphatic heterocycles. The molecule has 1 aliphatic carbocycles. The van der Waals surface area contributed by atoms with Gasteiger partial charge in [0, 0.05) is 22.6 Å². The van der Waals surface area contributed by atoms with Crippen LogP contribution in [0.4, 0.5) is 5.69 Å². The molecule has 1 aromatic carbocycles. The number of halogens is 1. The number of carbonyl (C=O) groups excluding carboxylic acids is 1. The molecular weight excluding hydrogens is 340 g/mol. The van der Waals surface area contributed by atoms with E-state index in [1.807, 2.05) is 6.07 Å². The lowest BCUT2D eigenvalue weighted by Crippen LogP contribution is -2.34. The summed E-state index contributed by atoms with van der Waals surface area (Å²) in [5.74, 6) is 1.40. The largest absolute Gasteiger partial charge is 0.326 e. The molecule has 24 heavy (non-hydrogen) atoms. The lowest BCUT2D eigenvalue weighted by Gasteiger charge is -2.22. The van der Waals surface area contributed by atoms with Gasteiger partial charge in [0.25, 0.3) is 0 Å². The van der Waals surface area contributed by atoms with Crippen molar-refractivity contribution in [2.24, 2.45) is 5.92 Å². The minimum absolute atomic E-state index is 0. The Morgan fingerprint density at radius 1 is 1.12 bits per heavy atom. The van der Waals surface area contributed by atoms with E-state index in [4.69, 9.17) is 0 Å². The summed E-state index contributed by atoms with van der Waals surface area (Å²) in [4.78, 5) is 12.3. The highest BCUT2D eigenvalue weighted by Gasteiger charge is 2.21. The van der Waals surface area contributed by atoms with Crippen LogP contribution in [-0.4, -0.2) is 24.2 Å². The number of benzene rings is 1. The predicted octanol–water partition coefficient (Wildman–Crippen LogP) is 4.61. The van der Waals surface area contributed by atoms with Crippen LogP contribution in [0.1, 0.15) is 50.5 Å². The predicted molar refractivity (Wildman–Crippen MR) is 106 cm³/mol. The Labute approximate surface area is 156 Å². The van der Waals surface area contributed by atoms with Gasteiger partial charge in [-0.15, -0.1) is 12.4 Å². The van der Waals surface area contributed by atoms with Crippen LogP contribution < -0.4 is 10.6 Å². The van der Waals surface area contributed by atoms with Crippen LogP contribution in [-0.2, 0) is 10.5 Å². The summed E-state index contributed by atoms with van der Waals surface area (Å²) in [7, 11) is 0. The summed E-state index contributed by atoms with van der Waals surface area (Å²) in [6.45, 7) is 1.91. The summed E-state index contributed by atoms with van der Waals surface area (Å²) in [5.41, 5.74) is 2.28. The summed E-state index contributed by atoms with van der Waals surface area (Å²) < 4.78 is 0. The van der Waals surface area contributed by atoms with Crippen molar-refractivity contribution in [3.05, 3.63) is 29.8 Å². The van der Waals surface area contributed by atoms with Crippen LogP contribution in [0.15, 0.2) is 24.3 Å². The molecule has 134 valence electrons. The molecule has 5 heteroatoms. The molecule has 3 rings (SSSR count). The molecule has 0 spiro atoms. The van der Waals surface area contributed by atoms with E-state index in [1.54, 1.807) is 0 Å². The van der Waals surface area contributed by atoms with Crippen molar-refractivity contribution < 1.29 is 4.79 Å². The van der Waals surface area contributed by atoms with Crippen molar-refractivity contribution in [3.63, 3.8) is 0 Å². The number of thioether (sulfide) groups is 1. The molecule has 0 unspecified atom stereocenters. The van der Waals surface area contributed by atoms with E-state index >= 15 is 0 Å². The van der Waals surface area contributed by atoms with Crippen molar-refractivity contribution in [2.75, 3.05) is 18.4 Å². The zero-order valence-corrected chi connectivity index (χ0v) is 15.9. The van der Waals surface area contributed by atoms with E-state index in [-0.39, 0.29) is 24.2 Å². The number of piperidine rings is 1. The standard InChI is InChI=1S/C19H28N2OS.ClH/c22-19(16-9-11-20-12-10-16)21-17-6-4-5-15(13-17)14-23-18-7-2-1-3-8-18;/h4-6,13,16,18,20H,1-3,7-12,14H2,(H,21,22);1H. The topological polar surface area (TPSA) is 41.1 Å². The van der Waals surface area contributed by atoms with Gasteiger partial charge in [-0.25, -0.2) is 0 Å². The van der Waals surface area contributed by atoms with Crippen LogP contribution in [0.2, 0.25) is 0 Å². The molecule has 0 radical (unpaired) electrons. The van der Waals surface area contributed by atoms with Crippen LogP contribution >= 0.6 is 24.2 Å². The van der Waals surface area contributed by atoms with E-state index < -0.39 is 0 Å². The summed E-state index contributed by atoms with van der Waals surface area (Å²) in [5, 5.41) is 7.25. The minimum Gasteiger partial charge on any atom is -0.326 e. The highest BCUT2D eigenvalue weighted by molar-refractivity contribution is 7.99. The number of nitrogens with one attached hydrogen (secondary N) is 2. The average molecular weight is 369 g/mol. The minimum atomic E-state index is 0. The van der Waals surface area contributed by atoms with Crippen molar-refractivity contribution in [3.8, 4) is 0 Å². The van der Waals surface area contributed by atoms with Crippen LogP contribution in [0.5, 0.6) is 0 Å². The van der Waals surface area contributed by atoms with Gasteiger partial charge in [-0.2, -0.15) is 11.8 Å². The molecule has 1 aromatic rings. The molecule has 0 aromatic heterocycles. The van der Waals surface area contributed by atoms with Crippen molar-refractivity contribution >= 4 is 35.8 Å². The first kappa shape index (κ1) is 19.6. The third kappa shape index (κ3) is 5.98. The highest BCUT2D eigenvalue weighted by Crippen LogP contribution is 2.31. The van der Waals surface area contributed by atoms with Gasteiger partial charge in [0.1, 0.15) is 0 Å². The third-order valence-corrected chi connectivity index (χ3v) is 6.39. The number of amides is 1. The Kier molecular flexibility index (Phi) is 8.43. The second-order valence-electron chi connectivity index (χ2n) is 6.78. The third-order valence-electron chi connectivity index (χ3n) is 4.94. The number of hydrogen-bond donors (Lipinski definition) is 2. The van der Waals surface area contributed by atoms with Gasteiger partial charge in [0.05, 0.1) is 0 Å². The second-order valence-corrected chi connectivity index (χ2v) is 8.07. The van der Waals surface area contributed by atoms with Crippen molar-refractivity contribution in [2.45, 2.75) is 55.9 Å². The SMILES string of the molecule is Cl.O=C(Nc1cccc(CSC2CCCCC2)c1)C1CCNCC1. The quantitative estimate of drug-likeness (QED) is 0.797. The van der Waals surface area contributed by atoms with Gasteiger partial charge < -0.3 is 10.6 Å². The molecule has 1 saturated carbocycles. The fourth-order valence-electron chi connectivity index (χ4n) is 3.51. The molecule has 2 N–H and O–H groups in total. The Hall–Kier alpha value is -0.710. The average Bonchev–Trinajstić information content (AvgIpc) is 2.62. The van der Waals surface area contributed by atoms with Crippen molar-refractivity contribution in [1.82, 2.24) is 5.32 Å². The molecule has 0 atom stereocenters. The van der Waals surface area contributed by atoms with Gasteiger partial charge in [-0.1, -0.05) is 31.4 Å². The molecule has 2 fully saturated rings. The molecule has 1 amide bonds. The maximum Gasteiger partial charge on any atom is 0.227 e. The maximum atomic E-state index is 12.3. The molecule has 0 bridgehead atoms. The van der Waals surface area contributed by atoms with Crippen LogP contribution in [0.25, 0.3) is 0 Å². The molecular formula is C19H29ClN2OS. The number of anilines is 1. The summed E-state index contributed by atoms with van der Waals surface area (Å²) in [6.07, 6.45) is 8.84. The number of carbonyl (C=O) groups is 1. The van der Waals surface area contributed by atoms with E-state index in [0.29, 0.717) is 0 Å². The summed E-state index contributed by atoms with van der Waals surface area (Å²) in [6, 6.07) is 8.40. The van der Waals surface area contributed by atoms with Crippen LogP contribution in [0.3, 0.4) is 0 Å². The van der Waals surface area contributed by atoms with E-state index in [0.717, 1.165) is 42.6 Å². The summed E-state index contributed by atoms with van der Waals surface area (Å²) >= 11 is 2.09. The lowest BCUT2D eigenvalue weighted by molar-refractivity contribution is -0.120. The fraction of sp³-hybridized carbons (Fsp3) is 0.632. The molecule has 1 heterocycles. The van der Waals surface area contributed by atoms with Gasteiger partial charge in [-0.3, -0.25) is 4.79 Å². The zero-order valence-electron chi connectivity index (χ0n) is 14.3. The Bertz CT molecular complexity index is 514. The normalized spacial score (nSPS) is 19.5. The highest BCUT2D eigenvalue weighted by atomic mass is 35.5. The fourth-order valence-corrected chi connectivity index (χ4v) is 4.79. The Balaban J connectivity index is 0.00000208. The lowest BCUT2D eigenvalue weighted by atomic mass is 9.97. The Morgan fingerprint density at radius 2 is 1.88 bits per heavy atom. The smallest absolute Gasteiger partial charge is 0.227 e. The first-order valence-electron chi connectivity index (χ1n) is 9.03. The van der Waals surface area contributed by atoms with E-state index in [2.05, 4.69) is 40.6 Å². The van der Waals surface area contributed by atoms with E-state index in [1.165, 1.54) is 37.7 Å². The van der Waals surface area contributed by atoms with Gasteiger partial charge in [0.2, 0.25) is 5.91 Å². The number of hydrogen-bond acceptors (Lipinski definition) is 3. The molecule has 2 aliphatic rings. The first-order valence-corrected chi connectivity index (χ1v) is 10.1. The second kappa shape index (κ2) is 10.3. The van der Waals surface area contributed by atoms with Crippen LogP contribution in [0, 0.1) is 5.92 Å². The van der Waals surface area contributed by atoms with Gasteiger partial charge >= 0.3 is 0 Å². The van der Waals surface area contributed by atoms with Crippen molar-refractivity contribution in [1.29, 1.82) is 0 Å². The monoisotopic (exact) mass is 368 g/mol. The van der Waals surface area contributed by atoms with E-state index in [9.17, 15) is 4.79 Å². The Morgan fingerprint density at radius 3 is 2.62 bits per heavy atom. The maximum absolute atomic E-state index is 12.3. The molecule has 1 saturated heterocycles. The van der Waals surface area contributed by atoms with Gasteiger partial charge in [0.15, 0.2) is 0 Å². The number of rotatable bonds is 5.